The van der Waals surface area contributed by atoms with Crippen molar-refractivity contribution >= 4 is 38.3 Å². The smallest absolute Gasteiger partial charge is 0.134 e. The van der Waals surface area contributed by atoms with E-state index in [1.54, 1.807) is 0 Å². The Morgan fingerprint density at radius 1 is 1.20 bits per heavy atom. The summed E-state index contributed by atoms with van der Waals surface area (Å²) in [6, 6.07) is 14.0. The summed E-state index contributed by atoms with van der Waals surface area (Å²) in [6.07, 6.45) is 1.82. The number of anilines is 2. The normalized spacial score (nSPS) is 10.9. The summed E-state index contributed by atoms with van der Waals surface area (Å²) < 4.78 is 6.56. The first-order valence-corrected chi connectivity index (χ1v) is 7.16. The molecule has 3 aromatic rings. The molecule has 1 aromatic heterocycles. The Balaban J connectivity index is 1.90. The summed E-state index contributed by atoms with van der Waals surface area (Å²) >= 11 is 3.43. The van der Waals surface area contributed by atoms with Gasteiger partial charge in [0.1, 0.15) is 5.58 Å². The fraction of sp³-hybridized carbons (Fsp3) is 0.125. The lowest BCUT2D eigenvalue weighted by atomic mass is 10.1. The number of halogens is 1. The second-order valence-electron chi connectivity index (χ2n) is 4.82. The molecule has 0 fully saturated rings. The van der Waals surface area contributed by atoms with Crippen molar-refractivity contribution in [3.63, 3.8) is 0 Å². The molecule has 0 aliphatic heterocycles. The van der Waals surface area contributed by atoms with Gasteiger partial charge in [0, 0.05) is 29.0 Å². The van der Waals surface area contributed by atoms with E-state index in [1.807, 2.05) is 49.7 Å². The third-order valence-electron chi connectivity index (χ3n) is 3.37. The highest BCUT2D eigenvalue weighted by Crippen LogP contribution is 2.29. The Kier molecular flexibility index (Phi) is 3.40. The van der Waals surface area contributed by atoms with Crippen molar-refractivity contribution in [3.8, 4) is 0 Å². The molecular formula is C16H15BrN2O. The van der Waals surface area contributed by atoms with Crippen LogP contribution in [0.2, 0.25) is 0 Å². The quantitative estimate of drug-likeness (QED) is 0.723. The van der Waals surface area contributed by atoms with Gasteiger partial charge in [-0.05, 0) is 24.3 Å². The number of nitrogens with zero attached hydrogens (tertiary/aromatic N) is 1. The molecule has 3 rings (SSSR count). The molecule has 20 heavy (non-hydrogen) atoms. The molecule has 4 heteroatoms. The lowest BCUT2D eigenvalue weighted by Gasteiger charge is -2.20. The lowest BCUT2D eigenvalue weighted by molar-refractivity contribution is 0.610. The fourth-order valence-corrected chi connectivity index (χ4v) is 2.75. The number of furan rings is 1. The average molecular weight is 331 g/mol. The van der Waals surface area contributed by atoms with Crippen molar-refractivity contribution in [3.05, 3.63) is 58.8 Å². The molecule has 0 spiro atoms. The molecule has 0 amide bonds. The molecule has 2 aromatic carbocycles. The molecule has 1 heterocycles. The second-order valence-corrected chi connectivity index (χ2v) is 5.73. The predicted octanol–water partition coefficient (Wildman–Crippen LogP) is 4.41. The Morgan fingerprint density at radius 2 is 2.00 bits per heavy atom. The zero-order chi connectivity index (χ0) is 14.1. The van der Waals surface area contributed by atoms with E-state index in [9.17, 15) is 0 Å². The van der Waals surface area contributed by atoms with E-state index in [0.29, 0.717) is 0 Å². The maximum absolute atomic E-state index is 6.07. The highest BCUT2D eigenvalue weighted by Gasteiger charge is 2.10. The molecule has 0 radical (unpaired) electrons. The van der Waals surface area contributed by atoms with Crippen LogP contribution in [0.5, 0.6) is 0 Å². The molecule has 0 unspecified atom stereocenters. The summed E-state index contributed by atoms with van der Waals surface area (Å²) in [7, 11) is 2.03. The Bertz CT molecular complexity index is 751. The molecule has 0 saturated heterocycles. The Morgan fingerprint density at radius 3 is 2.80 bits per heavy atom. The SMILES string of the molecule is CN(Cc1coc2ccccc12)c1ccc(Br)cc1N. The molecule has 102 valence electrons. The number of hydrogen-bond donors (Lipinski definition) is 1. The predicted molar refractivity (Wildman–Crippen MR) is 86.9 cm³/mol. The van der Waals surface area contributed by atoms with E-state index in [1.165, 1.54) is 0 Å². The van der Waals surface area contributed by atoms with Gasteiger partial charge >= 0.3 is 0 Å². The minimum absolute atomic E-state index is 0.753. The summed E-state index contributed by atoms with van der Waals surface area (Å²) in [6.45, 7) is 0.753. The minimum Gasteiger partial charge on any atom is -0.464 e. The van der Waals surface area contributed by atoms with E-state index in [4.69, 9.17) is 10.2 Å². The van der Waals surface area contributed by atoms with Gasteiger partial charge in [0.15, 0.2) is 0 Å². The van der Waals surface area contributed by atoms with Gasteiger partial charge < -0.3 is 15.1 Å². The number of para-hydroxylation sites is 1. The van der Waals surface area contributed by atoms with Crippen molar-refractivity contribution in [1.29, 1.82) is 0 Å². The number of hydrogen-bond acceptors (Lipinski definition) is 3. The van der Waals surface area contributed by atoms with Crippen LogP contribution in [0.3, 0.4) is 0 Å². The molecule has 0 aliphatic rings. The van der Waals surface area contributed by atoms with Gasteiger partial charge in [-0.2, -0.15) is 0 Å². The van der Waals surface area contributed by atoms with Crippen LogP contribution >= 0.6 is 15.9 Å². The third kappa shape index (κ3) is 2.39. The van der Waals surface area contributed by atoms with E-state index in [0.717, 1.165) is 38.9 Å². The number of nitrogens with two attached hydrogens (primary N) is 1. The monoisotopic (exact) mass is 330 g/mol. The first-order valence-electron chi connectivity index (χ1n) is 6.36. The molecule has 0 aliphatic carbocycles. The molecule has 0 saturated carbocycles. The van der Waals surface area contributed by atoms with Gasteiger partial charge in [0.25, 0.3) is 0 Å². The van der Waals surface area contributed by atoms with Crippen LogP contribution in [0.25, 0.3) is 11.0 Å². The maximum Gasteiger partial charge on any atom is 0.134 e. The van der Waals surface area contributed by atoms with Gasteiger partial charge in [0.05, 0.1) is 17.6 Å². The molecule has 2 N–H and O–H groups in total. The van der Waals surface area contributed by atoms with E-state index in [2.05, 4.69) is 26.9 Å². The molecule has 3 nitrogen and oxygen atoms in total. The molecular weight excluding hydrogens is 316 g/mol. The highest BCUT2D eigenvalue weighted by atomic mass is 79.9. The summed E-state index contributed by atoms with van der Waals surface area (Å²) in [5.41, 5.74) is 9.91. The van der Waals surface area contributed by atoms with Crippen molar-refractivity contribution in [2.45, 2.75) is 6.54 Å². The van der Waals surface area contributed by atoms with Gasteiger partial charge in [-0.1, -0.05) is 34.1 Å². The van der Waals surface area contributed by atoms with Gasteiger partial charge in [0.2, 0.25) is 0 Å². The summed E-state index contributed by atoms with van der Waals surface area (Å²) in [5, 5.41) is 1.15. The van der Waals surface area contributed by atoms with Crippen LogP contribution in [0.15, 0.2) is 57.6 Å². The average Bonchev–Trinajstić information content (AvgIpc) is 2.82. The summed E-state index contributed by atoms with van der Waals surface area (Å²) in [5.74, 6) is 0. The van der Waals surface area contributed by atoms with Crippen LogP contribution in [-0.4, -0.2) is 7.05 Å². The van der Waals surface area contributed by atoms with Crippen molar-refractivity contribution in [1.82, 2.24) is 0 Å². The van der Waals surface area contributed by atoms with Crippen molar-refractivity contribution in [2.24, 2.45) is 0 Å². The van der Waals surface area contributed by atoms with Crippen LogP contribution in [0, 0.1) is 0 Å². The van der Waals surface area contributed by atoms with Crippen molar-refractivity contribution in [2.75, 3.05) is 17.7 Å². The van der Waals surface area contributed by atoms with E-state index in [-0.39, 0.29) is 0 Å². The number of benzene rings is 2. The number of rotatable bonds is 3. The van der Waals surface area contributed by atoms with Crippen LogP contribution in [-0.2, 0) is 6.54 Å². The zero-order valence-corrected chi connectivity index (χ0v) is 12.7. The second kappa shape index (κ2) is 5.21. The first-order chi connectivity index (χ1) is 9.65. The summed E-state index contributed by atoms with van der Waals surface area (Å²) in [4.78, 5) is 2.12. The highest BCUT2D eigenvalue weighted by molar-refractivity contribution is 9.10. The first kappa shape index (κ1) is 13.1. The maximum atomic E-state index is 6.07. The number of nitrogen functional groups attached to an aromatic ring is 1. The third-order valence-corrected chi connectivity index (χ3v) is 3.86. The van der Waals surface area contributed by atoms with Gasteiger partial charge in [-0.3, -0.25) is 0 Å². The zero-order valence-electron chi connectivity index (χ0n) is 11.1. The van der Waals surface area contributed by atoms with Crippen LogP contribution in [0.4, 0.5) is 11.4 Å². The topological polar surface area (TPSA) is 42.4 Å². The van der Waals surface area contributed by atoms with Crippen LogP contribution < -0.4 is 10.6 Å². The largest absolute Gasteiger partial charge is 0.464 e. The Labute approximate surface area is 126 Å². The lowest BCUT2D eigenvalue weighted by Crippen LogP contribution is -2.17. The van der Waals surface area contributed by atoms with Gasteiger partial charge in [-0.15, -0.1) is 0 Å². The molecule has 0 atom stereocenters. The van der Waals surface area contributed by atoms with E-state index >= 15 is 0 Å². The Hall–Kier alpha value is -1.94. The fourth-order valence-electron chi connectivity index (χ4n) is 2.37. The number of fused-ring (bicyclic) bond motifs is 1. The standard InChI is InChI=1S/C16H15BrN2O/c1-19(15-7-6-12(17)8-14(15)18)9-11-10-20-16-5-3-2-4-13(11)16/h2-8,10H,9,18H2,1H3. The van der Waals surface area contributed by atoms with E-state index < -0.39 is 0 Å². The molecule has 0 bridgehead atoms. The van der Waals surface area contributed by atoms with Gasteiger partial charge in [-0.25, -0.2) is 0 Å². The van der Waals surface area contributed by atoms with Crippen LogP contribution in [0.1, 0.15) is 5.56 Å². The minimum atomic E-state index is 0.753. The van der Waals surface area contributed by atoms with Crippen molar-refractivity contribution < 1.29 is 4.42 Å².